The molecule has 1 amide bonds. The smallest absolute Gasteiger partial charge is 0.316 e. The van der Waals surface area contributed by atoms with Gasteiger partial charge in [0.25, 0.3) is 5.91 Å². The summed E-state index contributed by atoms with van der Waals surface area (Å²) >= 11 is 8.95. The van der Waals surface area contributed by atoms with Gasteiger partial charge in [-0.2, -0.15) is 0 Å². The van der Waals surface area contributed by atoms with Crippen LogP contribution >= 0.6 is 34.7 Å². The molecule has 1 N–H and O–H groups in total. The Hall–Kier alpha value is -1.57. The standard InChI is InChI=1S/C15H15ClN2O3S2/c1-10(15(20)18-12-5-2-6-17-14(12)16)21-13(19)9-22-8-11-4-3-7-23-11/h2-7,10H,8-9H2,1H3,(H,18,20)/t10-/m1/s1. The van der Waals surface area contributed by atoms with Crippen LogP contribution in [0.2, 0.25) is 5.15 Å². The van der Waals surface area contributed by atoms with Crippen molar-refractivity contribution in [3.63, 3.8) is 0 Å². The Kier molecular flexibility index (Phi) is 6.88. The molecule has 0 saturated heterocycles. The molecule has 2 heterocycles. The maximum absolute atomic E-state index is 12.0. The number of aromatic nitrogens is 1. The molecule has 0 bridgehead atoms. The Morgan fingerprint density at radius 2 is 2.26 bits per heavy atom. The highest BCUT2D eigenvalue weighted by Gasteiger charge is 2.18. The van der Waals surface area contributed by atoms with Gasteiger partial charge < -0.3 is 10.1 Å². The Labute approximate surface area is 147 Å². The number of amides is 1. The van der Waals surface area contributed by atoms with Crippen LogP contribution in [0.1, 0.15) is 11.8 Å². The number of nitrogens with zero attached hydrogens (tertiary/aromatic N) is 1. The summed E-state index contributed by atoms with van der Waals surface area (Å²) in [7, 11) is 0. The third kappa shape index (κ3) is 5.85. The fourth-order valence-electron chi connectivity index (χ4n) is 1.63. The van der Waals surface area contributed by atoms with Crippen molar-refractivity contribution < 1.29 is 14.3 Å². The molecule has 0 radical (unpaired) electrons. The van der Waals surface area contributed by atoms with E-state index in [1.165, 1.54) is 29.8 Å². The van der Waals surface area contributed by atoms with Crippen molar-refractivity contribution in [2.75, 3.05) is 11.1 Å². The van der Waals surface area contributed by atoms with Gasteiger partial charge in [0.2, 0.25) is 0 Å². The minimum absolute atomic E-state index is 0.186. The Bertz CT molecular complexity index is 665. The van der Waals surface area contributed by atoms with Gasteiger partial charge in [0.1, 0.15) is 0 Å². The fraction of sp³-hybridized carbons (Fsp3) is 0.267. The average molecular weight is 371 g/mol. The van der Waals surface area contributed by atoms with E-state index in [2.05, 4.69) is 10.3 Å². The first-order valence-corrected chi connectivity index (χ1v) is 9.18. The lowest BCUT2D eigenvalue weighted by atomic mass is 10.3. The number of nitrogens with one attached hydrogen (secondary N) is 1. The van der Waals surface area contributed by atoms with E-state index in [-0.39, 0.29) is 10.9 Å². The molecular weight excluding hydrogens is 356 g/mol. The zero-order valence-electron chi connectivity index (χ0n) is 12.3. The molecule has 0 aromatic carbocycles. The minimum Gasteiger partial charge on any atom is -0.452 e. The van der Waals surface area contributed by atoms with Crippen LogP contribution in [0.4, 0.5) is 5.69 Å². The molecule has 8 heteroatoms. The summed E-state index contributed by atoms with van der Waals surface area (Å²) in [6, 6.07) is 7.25. The van der Waals surface area contributed by atoms with Gasteiger partial charge in [-0.25, -0.2) is 4.98 Å². The number of thioether (sulfide) groups is 1. The number of hydrogen-bond acceptors (Lipinski definition) is 6. The van der Waals surface area contributed by atoms with Crippen molar-refractivity contribution in [2.45, 2.75) is 18.8 Å². The quantitative estimate of drug-likeness (QED) is 0.595. The number of hydrogen-bond donors (Lipinski definition) is 1. The van der Waals surface area contributed by atoms with Gasteiger partial charge in [0.15, 0.2) is 11.3 Å². The highest BCUT2D eigenvalue weighted by atomic mass is 35.5. The molecule has 0 saturated carbocycles. The van der Waals surface area contributed by atoms with E-state index >= 15 is 0 Å². The third-order valence-corrected chi connectivity index (χ3v) is 5.05. The van der Waals surface area contributed by atoms with Crippen LogP contribution in [0.3, 0.4) is 0 Å². The second kappa shape index (κ2) is 8.90. The molecule has 0 unspecified atom stereocenters. The van der Waals surface area contributed by atoms with Crippen molar-refractivity contribution in [1.29, 1.82) is 0 Å². The fourth-order valence-corrected chi connectivity index (χ4v) is 3.44. The van der Waals surface area contributed by atoms with Crippen LogP contribution in [0.25, 0.3) is 0 Å². The summed E-state index contributed by atoms with van der Waals surface area (Å²) in [5.41, 5.74) is 0.383. The average Bonchev–Trinajstić information content (AvgIpc) is 3.02. The van der Waals surface area contributed by atoms with Crippen LogP contribution in [-0.2, 0) is 20.1 Å². The van der Waals surface area contributed by atoms with Gasteiger partial charge in [-0.15, -0.1) is 23.1 Å². The number of ether oxygens (including phenoxy) is 1. The second-order valence-electron chi connectivity index (χ2n) is 4.54. The van der Waals surface area contributed by atoms with E-state index in [0.29, 0.717) is 5.69 Å². The summed E-state index contributed by atoms with van der Waals surface area (Å²) in [5.74, 6) is 0.0740. The molecule has 2 aromatic rings. The van der Waals surface area contributed by atoms with E-state index in [4.69, 9.17) is 16.3 Å². The van der Waals surface area contributed by atoms with Crippen LogP contribution in [0, 0.1) is 0 Å². The summed E-state index contributed by atoms with van der Waals surface area (Å²) in [6.07, 6.45) is 0.618. The third-order valence-electron chi connectivity index (χ3n) is 2.74. The van der Waals surface area contributed by atoms with E-state index < -0.39 is 18.0 Å². The molecule has 2 rings (SSSR count). The summed E-state index contributed by atoms with van der Waals surface area (Å²) < 4.78 is 5.11. The second-order valence-corrected chi connectivity index (χ2v) is 6.91. The maximum Gasteiger partial charge on any atom is 0.316 e. The van der Waals surface area contributed by atoms with Crippen molar-refractivity contribution in [3.05, 3.63) is 45.9 Å². The lowest BCUT2D eigenvalue weighted by Gasteiger charge is -2.13. The summed E-state index contributed by atoms with van der Waals surface area (Å²) in [6.45, 7) is 1.52. The molecule has 23 heavy (non-hydrogen) atoms. The lowest BCUT2D eigenvalue weighted by molar-refractivity contribution is -0.150. The van der Waals surface area contributed by atoms with Crippen LogP contribution in [0.15, 0.2) is 35.8 Å². The van der Waals surface area contributed by atoms with E-state index in [1.54, 1.807) is 23.5 Å². The van der Waals surface area contributed by atoms with Crippen molar-refractivity contribution in [3.8, 4) is 0 Å². The number of thiophene rings is 1. The number of rotatable bonds is 7. The summed E-state index contributed by atoms with van der Waals surface area (Å²) in [4.78, 5) is 28.8. The maximum atomic E-state index is 12.0. The Morgan fingerprint density at radius 1 is 1.43 bits per heavy atom. The van der Waals surface area contributed by atoms with Crippen molar-refractivity contribution in [2.24, 2.45) is 0 Å². The highest BCUT2D eigenvalue weighted by Crippen LogP contribution is 2.19. The molecule has 2 aromatic heterocycles. The van der Waals surface area contributed by atoms with Crippen LogP contribution < -0.4 is 5.32 Å². The predicted octanol–water partition coefficient (Wildman–Crippen LogP) is 3.60. The topological polar surface area (TPSA) is 68.3 Å². The largest absolute Gasteiger partial charge is 0.452 e. The number of halogens is 1. The number of pyridine rings is 1. The molecule has 0 aliphatic heterocycles. The first kappa shape index (κ1) is 17.8. The van der Waals surface area contributed by atoms with Gasteiger partial charge in [-0.3, -0.25) is 9.59 Å². The van der Waals surface area contributed by atoms with Gasteiger partial charge in [0, 0.05) is 16.8 Å². The van der Waals surface area contributed by atoms with Gasteiger partial charge in [-0.05, 0) is 30.5 Å². The monoisotopic (exact) mass is 370 g/mol. The molecular formula is C15H15ClN2O3S2. The minimum atomic E-state index is -0.902. The molecule has 5 nitrogen and oxygen atoms in total. The van der Waals surface area contributed by atoms with Crippen LogP contribution in [-0.4, -0.2) is 28.7 Å². The first-order chi connectivity index (χ1) is 11.1. The van der Waals surface area contributed by atoms with E-state index in [9.17, 15) is 9.59 Å². The molecule has 0 aliphatic rings. The number of anilines is 1. The number of carbonyl (C=O) groups is 2. The van der Waals surface area contributed by atoms with Crippen LogP contribution in [0.5, 0.6) is 0 Å². The highest BCUT2D eigenvalue weighted by molar-refractivity contribution is 7.99. The molecule has 0 fully saturated rings. The normalized spacial score (nSPS) is 11.7. The first-order valence-electron chi connectivity index (χ1n) is 6.77. The van der Waals surface area contributed by atoms with Gasteiger partial charge in [-0.1, -0.05) is 17.7 Å². The summed E-state index contributed by atoms with van der Waals surface area (Å²) in [5, 5.41) is 4.75. The lowest BCUT2D eigenvalue weighted by Crippen LogP contribution is -2.30. The Balaban J connectivity index is 1.74. The SMILES string of the molecule is C[C@@H](OC(=O)CSCc1cccs1)C(=O)Nc1cccnc1Cl. The van der Waals surface area contributed by atoms with Gasteiger partial charge in [0.05, 0.1) is 11.4 Å². The van der Waals surface area contributed by atoms with Crippen molar-refractivity contribution in [1.82, 2.24) is 4.98 Å². The molecule has 1 atom stereocenters. The zero-order chi connectivity index (χ0) is 16.7. The number of esters is 1. The molecule has 0 spiro atoms. The predicted molar refractivity (Wildman–Crippen MR) is 93.9 cm³/mol. The van der Waals surface area contributed by atoms with E-state index in [1.807, 2.05) is 17.5 Å². The van der Waals surface area contributed by atoms with Crippen molar-refractivity contribution >= 4 is 52.3 Å². The molecule has 0 aliphatic carbocycles. The molecule has 122 valence electrons. The Morgan fingerprint density at radius 3 is 2.96 bits per heavy atom. The zero-order valence-corrected chi connectivity index (χ0v) is 14.7. The van der Waals surface area contributed by atoms with Gasteiger partial charge >= 0.3 is 5.97 Å². The number of carbonyl (C=O) groups excluding carboxylic acids is 2. The van der Waals surface area contributed by atoms with E-state index in [0.717, 1.165) is 5.75 Å².